The summed E-state index contributed by atoms with van der Waals surface area (Å²) in [5, 5.41) is 19.5. The fraction of sp³-hybridized carbons (Fsp3) is 0.750. The number of aromatic nitrogens is 3. The van der Waals surface area contributed by atoms with Crippen LogP contribution in [-0.4, -0.2) is 38.7 Å². The molecule has 1 rings (SSSR count). The smallest absolute Gasteiger partial charge is 0.222 e. The summed E-state index contributed by atoms with van der Waals surface area (Å²) in [7, 11) is 0. The molecule has 1 atom stereocenters. The quantitative estimate of drug-likeness (QED) is 0.778. The Labute approximate surface area is 107 Å². The van der Waals surface area contributed by atoms with E-state index < -0.39 is 0 Å². The van der Waals surface area contributed by atoms with Crippen LogP contribution >= 0.6 is 0 Å². The Morgan fingerprint density at radius 2 is 2.22 bits per heavy atom. The van der Waals surface area contributed by atoms with Crippen LogP contribution in [0.4, 0.5) is 0 Å². The summed E-state index contributed by atoms with van der Waals surface area (Å²) in [5.74, 6) is -0.0288. The number of amides is 1. The lowest BCUT2D eigenvalue weighted by Crippen LogP contribution is -2.44. The van der Waals surface area contributed by atoms with E-state index in [9.17, 15) is 4.79 Å². The first-order valence-corrected chi connectivity index (χ1v) is 6.18. The van der Waals surface area contributed by atoms with Crippen molar-refractivity contribution in [3.63, 3.8) is 0 Å². The molecule has 1 aromatic rings. The molecule has 0 bridgehead atoms. The third-order valence-corrected chi connectivity index (χ3v) is 2.84. The van der Waals surface area contributed by atoms with Crippen LogP contribution in [0.1, 0.15) is 33.6 Å². The topological polar surface area (TPSA) is 80.0 Å². The summed E-state index contributed by atoms with van der Waals surface area (Å²) in [4.78, 5) is 11.8. The molecular formula is C12H22N4O2. The van der Waals surface area contributed by atoms with Crippen LogP contribution < -0.4 is 5.32 Å². The molecular weight excluding hydrogens is 232 g/mol. The molecule has 0 aliphatic carbocycles. The lowest BCUT2D eigenvalue weighted by atomic mass is 9.85. The normalized spacial score (nSPS) is 13.3. The average Bonchev–Trinajstić information content (AvgIpc) is 2.77. The van der Waals surface area contributed by atoms with Gasteiger partial charge in [-0.15, -0.1) is 5.10 Å². The fourth-order valence-corrected chi connectivity index (χ4v) is 1.69. The van der Waals surface area contributed by atoms with Gasteiger partial charge in [-0.25, -0.2) is 0 Å². The monoisotopic (exact) mass is 254 g/mol. The zero-order valence-corrected chi connectivity index (χ0v) is 11.3. The second-order valence-corrected chi connectivity index (χ2v) is 5.41. The maximum Gasteiger partial charge on any atom is 0.222 e. The Bertz CT molecular complexity index is 357. The van der Waals surface area contributed by atoms with Gasteiger partial charge in [0, 0.05) is 25.3 Å². The van der Waals surface area contributed by atoms with Crippen LogP contribution in [0.15, 0.2) is 12.4 Å². The molecule has 102 valence electrons. The highest BCUT2D eigenvalue weighted by molar-refractivity contribution is 5.76. The van der Waals surface area contributed by atoms with Crippen LogP contribution in [0.3, 0.4) is 0 Å². The van der Waals surface area contributed by atoms with E-state index >= 15 is 0 Å². The van der Waals surface area contributed by atoms with E-state index in [2.05, 4.69) is 15.6 Å². The number of aliphatic hydroxyl groups excluding tert-OH is 1. The van der Waals surface area contributed by atoms with Crippen molar-refractivity contribution in [3.05, 3.63) is 12.4 Å². The highest BCUT2D eigenvalue weighted by atomic mass is 16.3. The standard InChI is InChI=1S/C12H22N4O2/c1-12(2,3)10(5-9-17)14-11(18)4-7-16-8-6-13-15-16/h6,8,10,17H,4-5,7,9H2,1-3H3,(H,14,18). The molecule has 18 heavy (non-hydrogen) atoms. The first kappa shape index (κ1) is 14.6. The minimum absolute atomic E-state index is 0.0225. The molecule has 6 nitrogen and oxygen atoms in total. The van der Waals surface area contributed by atoms with E-state index in [4.69, 9.17) is 5.11 Å². The molecule has 0 spiro atoms. The molecule has 0 fully saturated rings. The van der Waals surface area contributed by atoms with Crippen molar-refractivity contribution >= 4 is 5.91 Å². The molecule has 0 saturated heterocycles. The van der Waals surface area contributed by atoms with E-state index in [0.717, 1.165) is 0 Å². The highest BCUT2D eigenvalue weighted by Crippen LogP contribution is 2.21. The minimum atomic E-state index is -0.0638. The van der Waals surface area contributed by atoms with Gasteiger partial charge >= 0.3 is 0 Å². The van der Waals surface area contributed by atoms with Gasteiger partial charge in [-0.05, 0) is 11.8 Å². The van der Waals surface area contributed by atoms with Crippen molar-refractivity contribution in [2.45, 2.75) is 46.2 Å². The van der Waals surface area contributed by atoms with E-state index in [1.165, 1.54) is 0 Å². The number of rotatable bonds is 6. The molecule has 0 radical (unpaired) electrons. The van der Waals surface area contributed by atoms with Gasteiger partial charge < -0.3 is 10.4 Å². The van der Waals surface area contributed by atoms with Crippen LogP contribution in [0.25, 0.3) is 0 Å². The van der Waals surface area contributed by atoms with Crippen molar-refractivity contribution in [2.75, 3.05) is 6.61 Å². The molecule has 2 N–H and O–H groups in total. The van der Waals surface area contributed by atoms with Crippen LogP contribution in [0.2, 0.25) is 0 Å². The predicted octanol–water partition coefficient (Wildman–Crippen LogP) is 0.581. The molecule has 0 aliphatic rings. The highest BCUT2D eigenvalue weighted by Gasteiger charge is 2.25. The van der Waals surface area contributed by atoms with Crippen LogP contribution in [-0.2, 0) is 11.3 Å². The first-order valence-electron chi connectivity index (χ1n) is 6.18. The van der Waals surface area contributed by atoms with Gasteiger partial charge in [0.2, 0.25) is 5.91 Å². The molecule has 0 aliphatic heterocycles. The fourth-order valence-electron chi connectivity index (χ4n) is 1.69. The largest absolute Gasteiger partial charge is 0.396 e. The summed E-state index contributed by atoms with van der Waals surface area (Å²) < 4.78 is 1.62. The van der Waals surface area contributed by atoms with E-state index in [1.807, 2.05) is 20.8 Å². The predicted molar refractivity (Wildman–Crippen MR) is 67.7 cm³/mol. The number of nitrogens with one attached hydrogen (secondary N) is 1. The van der Waals surface area contributed by atoms with E-state index in [0.29, 0.717) is 19.4 Å². The molecule has 1 aromatic heterocycles. The number of nitrogens with zero attached hydrogens (tertiary/aromatic N) is 3. The summed E-state index contributed by atoms with van der Waals surface area (Å²) >= 11 is 0. The summed E-state index contributed by atoms with van der Waals surface area (Å²) in [6, 6.07) is -0.0225. The molecule has 1 unspecified atom stereocenters. The van der Waals surface area contributed by atoms with E-state index in [1.54, 1.807) is 17.1 Å². The first-order chi connectivity index (χ1) is 8.43. The van der Waals surface area contributed by atoms with Crippen molar-refractivity contribution < 1.29 is 9.90 Å². The van der Waals surface area contributed by atoms with Crippen molar-refractivity contribution in [2.24, 2.45) is 5.41 Å². The number of hydrogen-bond acceptors (Lipinski definition) is 4. The Morgan fingerprint density at radius 3 is 2.72 bits per heavy atom. The van der Waals surface area contributed by atoms with Gasteiger partial charge in [0.1, 0.15) is 0 Å². The van der Waals surface area contributed by atoms with Gasteiger partial charge in [0.15, 0.2) is 0 Å². The van der Waals surface area contributed by atoms with Gasteiger partial charge in [0.25, 0.3) is 0 Å². The maximum atomic E-state index is 11.8. The molecule has 1 heterocycles. The summed E-state index contributed by atoms with van der Waals surface area (Å²) in [5.41, 5.74) is -0.0638. The zero-order chi connectivity index (χ0) is 13.6. The van der Waals surface area contributed by atoms with Gasteiger partial charge in [-0.3, -0.25) is 9.48 Å². The van der Waals surface area contributed by atoms with Crippen LogP contribution in [0, 0.1) is 5.41 Å². The van der Waals surface area contributed by atoms with Crippen LogP contribution in [0.5, 0.6) is 0 Å². The third kappa shape index (κ3) is 4.83. The third-order valence-electron chi connectivity index (χ3n) is 2.84. The lowest BCUT2D eigenvalue weighted by Gasteiger charge is -2.31. The SMILES string of the molecule is CC(C)(C)C(CCO)NC(=O)CCn1ccnn1. The van der Waals surface area contributed by atoms with Crippen molar-refractivity contribution in [1.82, 2.24) is 20.3 Å². The number of aryl methyl sites for hydroxylation is 1. The Morgan fingerprint density at radius 1 is 1.50 bits per heavy atom. The minimum Gasteiger partial charge on any atom is -0.396 e. The van der Waals surface area contributed by atoms with Crippen molar-refractivity contribution in [1.29, 1.82) is 0 Å². The summed E-state index contributed by atoms with van der Waals surface area (Å²) in [6.07, 6.45) is 4.24. The van der Waals surface area contributed by atoms with Gasteiger partial charge in [-0.1, -0.05) is 26.0 Å². The molecule has 6 heteroatoms. The number of carbonyl (C=O) groups excluding carboxylic acids is 1. The lowest BCUT2D eigenvalue weighted by molar-refractivity contribution is -0.123. The van der Waals surface area contributed by atoms with Gasteiger partial charge in [0.05, 0.1) is 12.7 Å². The maximum absolute atomic E-state index is 11.8. The van der Waals surface area contributed by atoms with E-state index in [-0.39, 0.29) is 24.0 Å². The second-order valence-electron chi connectivity index (χ2n) is 5.41. The molecule has 0 aromatic carbocycles. The Hall–Kier alpha value is -1.43. The number of carbonyl (C=O) groups is 1. The molecule has 0 saturated carbocycles. The molecule has 1 amide bonds. The van der Waals surface area contributed by atoms with Gasteiger partial charge in [-0.2, -0.15) is 0 Å². The second kappa shape index (κ2) is 6.49. The Balaban J connectivity index is 2.41. The van der Waals surface area contributed by atoms with Crippen molar-refractivity contribution in [3.8, 4) is 0 Å². The Kier molecular flexibility index (Phi) is 5.27. The number of aliphatic hydroxyl groups is 1. The number of hydrogen-bond donors (Lipinski definition) is 2. The zero-order valence-electron chi connectivity index (χ0n) is 11.3. The summed E-state index contributed by atoms with van der Waals surface area (Å²) in [6.45, 7) is 6.73. The average molecular weight is 254 g/mol.